The van der Waals surface area contributed by atoms with Gasteiger partial charge in [-0.25, -0.2) is 9.18 Å². The Hall–Kier alpha value is -1.95. The molecule has 0 unspecified atom stereocenters. The van der Waals surface area contributed by atoms with Gasteiger partial charge < -0.3 is 11.1 Å². The summed E-state index contributed by atoms with van der Waals surface area (Å²) in [5.41, 5.74) is 5.23. The Morgan fingerprint density at radius 3 is 2.65 bits per heavy atom. The molecule has 4 N–H and O–H groups in total. The van der Waals surface area contributed by atoms with Gasteiger partial charge in [-0.15, -0.1) is 0 Å². The van der Waals surface area contributed by atoms with Crippen molar-refractivity contribution in [2.75, 3.05) is 6.54 Å². The molecule has 0 bridgehead atoms. The van der Waals surface area contributed by atoms with E-state index in [0.717, 1.165) is 0 Å². The standard InChI is InChI=1S/C11H14FN3O2/c1-7(8-4-2-3-5-9(8)12)14-6-10(16)15-11(13)17/h2-5,7,14H,6H2,1H3,(H3,13,15,16,17)/t7-/m1/s1. The molecular formula is C11H14FN3O2. The van der Waals surface area contributed by atoms with Gasteiger partial charge in [0.25, 0.3) is 0 Å². The summed E-state index contributed by atoms with van der Waals surface area (Å²) >= 11 is 0. The highest BCUT2D eigenvalue weighted by Crippen LogP contribution is 2.15. The smallest absolute Gasteiger partial charge is 0.318 e. The minimum Gasteiger partial charge on any atom is -0.351 e. The Bertz CT molecular complexity index is 423. The van der Waals surface area contributed by atoms with Crippen LogP contribution in [0.3, 0.4) is 0 Å². The van der Waals surface area contributed by atoms with E-state index in [1.165, 1.54) is 6.07 Å². The normalized spacial score (nSPS) is 11.9. The molecular weight excluding hydrogens is 225 g/mol. The van der Waals surface area contributed by atoms with E-state index in [1.54, 1.807) is 25.1 Å². The van der Waals surface area contributed by atoms with Crippen LogP contribution in [0.15, 0.2) is 24.3 Å². The van der Waals surface area contributed by atoms with Crippen LogP contribution in [0.1, 0.15) is 18.5 Å². The van der Waals surface area contributed by atoms with E-state index in [0.29, 0.717) is 5.56 Å². The Labute approximate surface area is 98.2 Å². The van der Waals surface area contributed by atoms with Crippen LogP contribution in [0.5, 0.6) is 0 Å². The summed E-state index contributed by atoms with van der Waals surface area (Å²) in [5, 5.41) is 4.69. The van der Waals surface area contributed by atoms with Crippen LogP contribution < -0.4 is 16.4 Å². The Balaban J connectivity index is 2.50. The number of benzene rings is 1. The summed E-state index contributed by atoms with van der Waals surface area (Å²) in [6.07, 6.45) is 0. The molecule has 6 heteroatoms. The number of halogens is 1. The van der Waals surface area contributed by atoms with Crippen LogP contribution in [0.25, 0.3) is 0 Å². The highest BCUT2D eigenvalue weighted by atomic mass is 19.1. The molecule has 0 aliphatic rings. The average Bonchev–Trinajstić information content (AvgIpc) is 2.25. The molecule has 1 atom stereocenters. The van der Waals surface area contributed by atoms with E-state index in [4.69, 9.17) is 5.73 Å². The minimum absolute atomic E-state index is 0.113. The largest absolute Gasteiger partial charge is 0.351 e. The van der Waals surface area contributed by atoms with Gasteiger partial charge >= 0.3 is 6.03 Å². The first-order valence-electron chi connectivity index (χ1n) is 5.08. The molecule has 0 aliphatic heterocycles. The first-order valence-corrected chi connectivity index (χ1v) is 5.08. The Morgan fingerprint density at radius 2 is 2.06 bits per heavy atom. The Kier molecular flexibility index (Phi) is 4.59. The van der Waals surface area contributed by atoms with Gasteiger partial charge in [0.1, 0.15) is 5.82 Å². The van der Waals surface area contributed by atoms with Gasteiger partial charge in [-0.3, -0.25) is 10.1 Å². The van der Waals surface area contributed by atoms with Crippen molar-refractivity contribution in [2.24, 2.45) is 5.73 Å². The molecule has 0 aliphatic carbocycles. The van der Waals surface area contributed by atoms with Crippen molar-refractivity contribution in [2.45, 2.75) is 13.0 Å². The van der Waals surface area contributed by atoms with E-state index >= 15 is 0 Å². The van der Waals surface area contributed by atoms with Crippen LogP contribution in [0.4, 0.5) is 9.18 Å². The maximum Gasteiger partial charge on any atom is 0.318 e. The monoisotopic (exact) mass is 239 g/mol. The topological polar surface area (TPSA) is 84.2 Å². The maximum absolute atomic E-state index is 13.4. The fourth-order valence-electron chi connectivity index (χ4n) is 1.36. The molecule has 0 aromatic heterocycles. The van der Waals surface area contributed by atoms with Crippen molar-refractivity contribution in [1.29, 1.82) is 0 Å². The zero-order valence-corrected chi connectivity index (χ0v) is 9.37. The lowest BCUT2D eigenvalue weighted by Crippen LogP contribution is -2.41. The Morgan fingerprint density at radius 1 is 1.41 bits per heavy atom. The van der Waals surface area contributed by atoms with Crippen molar-refractivity contribution in [3.05, 3.63) is 35.6 Å². The number of carbonyl (C=O) groups is 2. The van der Waals surface area contributed by atoms with Crippen LogP contribution >= 0.6 is 0 Å². The number of carbonyl (C=O) groups excluding carboxylic acids is 2. The summed E-state index contributed by atoms with van der Waals surface area (Å²) in [6.45, 7) is 1.61. The fraction of sp³-hybridized carbons (Fsp3) is 0.273. The third kappa shape index (κ3) is 4.20. The number of rotatable bonds is 4. The summed E-state index contributed by atoms with van der Waals surface area (Å²) in [7, 11) is 0. The second-order valence-electron chi connectivity index (χ2n) is 3.54. The van der Waals surface area contributed by atoms with Crippen LogP contribution in [-0.4, -0.2) is 18.5 Å². The number of hydrogen-bond donors (Lipinski definition) is 3. The third-order valence-electron chi connectivity index (χ3n) is 2.20. The number of primary amides is 1. The van der Waals surface area contributed by atoms with E-state index in [1.807, 2.05) is 5.32 Å². The predicted molar refractivity (Wildman–Crippen MR) is 60.5 cm³/mol. The lowest BCUT2D eigenvalue weighted by Gasteiger charge is -2.14. The average molecular weight is 239 g/mol. The van der Waals surface area contributed by atoms with E-state index in [-0.39, 0.29) is 18.4 Å². The summed E-state index contributed by atoms with van der Waals surface area (Å²) in [5.74, 6) is -0.900. The minimum atomic E-state index is -0.907. The first-order chi connectivity index (χ1) is 8.00. The highest BCUT2D eigenvalue weighted by molar-refractivity contribution is 5.94. The second kappa shape index (κ2) is 5.95. The third-order valence-corrected chi connectivity index (χ3v) is 2.20. The molecule has 0 heterocycles. The summed E-state index contributed by atoms with van der Waals surface area (Å²) < 4.78 is 13.4. The zero-order valence-electron chi connectivity index (χ0n) is 9.37. The molecule has 1 rings (SSSR count). The van der Waals surface area contributed by atoms with Crippen molar-refractivity contribution < 1.29 is 14.0 Å². The number of urea groups is 1. The summed E-state index contributed by atoms with van der Waals surface area (Å²) in [6, 6.07) is 5.02. The van der Waals surface area contributed by atoms with E-state index in [9.17, 15) is 14.0 Å². The molecule has 0 fully saturated rings. The molecule has 92 valence electrons. The molecule has 1 aromatic rings. The molecule has 17 heavy (non-hydrogen) atoms. The van der Waals surface area contributed by atoms with Gasteiger partial charge in [-0.2, -0.15) is 0 Å². The van der Waals surface area contributed by atoms with Gasteiger partial charge in [0, 0.05) is 11.6 Å². The highest BCUT2D eigenvalue weighted by Gasteiger charge is 2.11. The number of imide groups is 1. The van der Waals surface area contributed by atoms with Crippen LogP contribution in [-0.2, 0) is 4.79 Å². The van der Waals surface area contributed by atoms with Gasteiger partial charge in [-0.1, -0.05) is 18.2 Å². The molecule has 1 aromatic carbocycles. The molecule has 0 saturated heterocycles. The lowest BCUT2D eigenvalue weighted by atomic mass is 10.1. The molecule has 0 radical (unpaired) electrons. The molecule has 0 saturated carbocycles. The predicted octanol–water partition coefficient (Wildman–Crippen LogP) is 0.671. The summed E-state index contributed by atoms with van der Waals surface area (Å²) in [4.78, 5) is 21.5. The maximum atomic E-state index is 13.4. The molecule has 5 nitrogen and oxygen atoms in total. The fourth-order valence-corrected chi connectivity index (χ4v) is 1.36. The lowest BCUT2D eigenvalue weighted by molar-refractivity contribution is -0.119. The van der Waals surface area contributed by atoms with Gasteiger partial charge in [0.2, 0.25) is 5.91 Å². The number of hydrogen-bond acceptors (Lipinski definition) is 3. The molecule has 0 spiro atoms. The van der Waals surface area contributed by atoms with Crippen LogP contribution in [0.2, 0.25) is 0 Å². The van der Waals surface area contributed by atoms with E-state index < -0.39 is 11.9 Å². The number of amides is 3. The van der Waals surface area contributed by atoms with Crippen molar-refractivity contribution in [3.63, 3.8) is 0 Å². The first kappa shape index (κ1) is 13.1. The van der Waals surface area contributed by atoms with Gasteiger partial charge in [0.15, 0.2) is 0 Å². The number of nitrogens with two attached hydrogens (primary N) is 1. The van der Waals surface area contributed by atoms with Crippen molar-refractivity contribution in [1.82, 2.24) is 10.6 Å². The molecule has 3 amide bonds. The van der Waals surface area contributed by atoms with Crippen molar-refractivity contribution >= 4 is 11.9 Å². The SMILES string of the molecule is C[C@@H](NCC(=O)NC(N)=O)c1ccccc1F. The van der Waals surface area contributed by atoms with Gasteiger partial charge in [-0.05, 0) is 13.0 Å². The zero-order chi connectivity index (χ0) is 12.8. The van der Waals surface area contributed by atoms with Crippen LogP contribution in [0, 0.1) is 5.82 Å². The van der Waals surface area contributed by atoms with Crippen molar-refractivity contribution in [3.8, 4) is 0 Å². The van der Waals surface area contributed by atoms with Gasteiger partial charge in [0.05, 0.1) is 6.54 Å². The van der Waals surface area contributed by atoms with E-state index in [2.05, 4.69) is 5.32 Å². The second-order valence-corrected chi connectivity index (χ2v) is 3.54. The quantitative estimate of drug-likeness (QED) is 0.722. The number of nitrogens with one attached hydrogen (secondary N) is 2.